The molecular formula is C43H56F2N4O8. The number of likely N-dealkylation sites (tertiary alicyclic amines) is 2. The van der Waals surface area contributed by atoms with E-state index in [1.807, 2.05) is 49.6 Å². The molecular weight excluding hydrogens is 738 g/mol. The summed E-state index contributed by atoms with van der Waals surface area (Å²) in [6, 6.07) is 3.75. The molecule has 4 rings (SSSR count). The van der Waals surface area contributed by atoms with E-state index in [1.54, 1.807) is 0 Å². The quantitative estimate of drug-likeness (QED) is 0.0561. The zero-order valence-corrected chi connectivity index (χ0v) is 34.0. The number of nitrogens with zero attached hydrogens (tertiary/aromatic N) is 4. The number of hydrogen-bond acceptors (Lipinski definition) is 12. The molecule has 0 aromatic rings. The van der Waals surface area contributed by atoms with Gasteiger partial charge in [-0.3, -0.25) is 4.79 Å². The normalized spacial score (nSPS) is 21.8. The van der Waals surface area contributed by atoms with Gasteiger partial charge in [0.2, 0.25) is 0 Å². The summed E-state index contributed by atoms with van der Waals surface area (Å²) in [6.07, 6.45) is 6.10. The third-order valence-electron chi connectivity index (χ3n) is 10.8. The molecule has 0 unspecified atom stereocenters. The number of hydrogen-bond donors (Lipinski definition) is 0. The van der Waals surface area contributed by atoms with Crippen molar-refractivity contribution < 1.29 is 46.9 Å². The Balaban J connectivity index is 1.27. The Labute approximate surface area is 334 Å². The molecule has 0 aromatic carbocycles. The van der Waals surface area contributed by atoms with E-state index in [2.05, 4.69) is 6.58 Å². The Morgan fingerprint density at radius 2 is 1.09 bits per heavy atom. The Bertz CT molecular complexity index is 1780. The zero-order valence-electron chi connectivity index (χ0n) is 34.0. The van der Waals surface area contributed by atoms with Crippen molar-refractivity contribution in [1.82, 2.24) is 9.80 Å². The average molecular weight is 795 g/mol. The molecule has 0 bridgehead atoms. The third kappa shape index (κ3) is 12.3. The van der Waals surface area contributed by atoms with Crippen LogP contribution in [0, 0.1) is 33.5 Å². The fraction of sp³-hybridized carbons (Fsp3) is 0.628. The van der Waals surface area contributed by atoms with Crippen LogP contribution in [0.4, 0.5) is 8.78 Å². The molecule has 0 radical (unpaired) electrons. The van der Waals surface area contributed by atoms with Gasteiger partial charge in [0.05, 0.1) is 24.6 Å². The first-order valence-corrected chi connectivity index (χ1v) is 19.9. The largest absolute Gasteiger partial charge is 0.462 e. The summed E-state index contributed by atoms with van der Waals surface area (Å²) in [4.78, 5) is 52.8. The molecule has 0 spiro atoms. The van der Waals surface area contributed by atoms with Crippen LogP contribution >= 0.6 is 0 Å². The summed E-state index contributed by atoms with van der Waals surface area (Å²) < 4.78 is 53.5. The number of esters is 4. The maximum atomic E-state index is 16.0. The standard InChI is InChI=1S/C43H56F2N4O8/c1-7-37(51)57-30-14-18-49(19-15-30)36-25-43(5,6)23-32(39(36)45)34(27-47)41(53)55-21-11-9-8-10-20-54-40(52)33(26-46)31-22-42(3,4)24-35(38(31)44)48-16-12-29(13-17-48)56-28(2)50/h7,29-30H,1,8-25H2,2-6H3/b33-31+,34-32+. The lowest BCUT2D eigenvalue weighted by atomic mass is 9.75. The smallest absolute Gasteiger partial charge is 0.349 e. The second-order valence-electron chi connectivity index (χ2n) is 16.8. The summed E-state index contributed by atoms with van der Waals surface area (Å²) in [5.74, 6) is -3.77. The van der Waals surface area contributed by atoms with Crippen LogP contribution in [0.1, 0.15) is 112 Å². The van der Waals surface area contributed by atoms with E-state index >= 15 is 8.78 Å². The fourth-order valence-corrected chi connectivity index (χ4v) is 7.98. The van der Waals surface area contributed by atoms with Crippen LogP contribution in [0.5, 0.6) is 0 Å². The van der Waals surface area contributed by atoms with Gasteiger partial charge in [0, 0.05) is 76.0 Å². The fourth-order valence-electron chi connectivity index (χ4n) is 7.98. The van der Waals surface area contributed by atoms with Crippen molar-refractivity contribution >= 4 is 23.9 Å². The lowest BCUT2D eigenvalue weighted by Gasteiger charge is -2.41. The average Bonchev–Trinajstić information content (AvgIpc) is 3.16. The van der Waals surface area contributed by atoms with Gasteiger partial charge in [-0.25, -0.2) is 23.2 Å². The number of carbonyl (C=O) groups excluding carboxylic acids is 4. The summed E-state index contributed by atoms with van der Waals surface area (Å²) in [5, 5.41) is 19.9. The van der Waals surface area contributed by atoms with Crippen LogP contribution in [0.2, 0.25) is 0 Å². The highest BCUT2D eigenvalue weighted by Gasteiger charge is 2.39. The van der Waals surface area contributed by atoms with Gasteiger partial charge in [0.15, 0.2) is 0 Å². The summed E-state index contributed by atoms with van der Waals surface area (Å²) >= 11 is 0. The SMILES string of the molecule is C=CC(=O)OC1CCN(C2=C(F)/C(=C(\C#N)C(=O)OCCCCCCOC(=O)/C(C#N)=C3\CC(C)(C)CC(N4CCC(OC(C)=O)CC4)=C3F)CC(C)(C)C2)CC1. The van der Waals surface area contributed by atoms with E-state index in [9.17, 15) is 29.7 Å². The zero-order chi connectivity index (χ0) is 41.9. The number of piperidine rings is 2. The number of carbonyl (C=O) groups is 4. The molecule has 0 N–H and O–H groups in total. The molecule has 4 aliphatic rings. The van der Waals surface area contributed by atoms with Crippen LogP contribution in [-0.4, -0.2) is 85.3 Å². The van der Waals surface area contributed by atoms with Crippen LogP contribution in [-0.2, 0) is 38.1 Å². The number of allylic oxidation sites excluding steroid dienone is 6. The van der Waals surface area contributed by atoms with Gasteiger partial charge in [-0.05, 0) is 62.2 Å². The number of rotatable bonds is 14. The van der Waals surface area contributed by atoms with E-state index < -0.39 is 40.4 Å². The number of halogens is 2. The topological polar surface area (TPSA) is 159 Å². The molecule has 310 valence electrons. The maximum absolute atomic E-state index is 16.0. The van der Waals surface area contributed by atoms with Crippen molar-refractivity contribution in [1.29, 1.82) is 10.5 Å². The van der Waals surface area contributed by atoms with Gasteiger partial charge in [0.25, 0.3) is 0 Å². The Kier molecular flexibility index (Phi) is 15.6. The van der Waals surface area contributed by atoms with E-state index in [0.717, 1.165) is 6.08 Å². The minimum absolute atomic E-state index is 0.00540. The molecule has 12 nitrogen and oxygen atoms in total. The van der Waals surface area contributed by atoms with Crippen molar-refractivity contribution in [3.05, 3.63) is 58.0 Å². The van der Waals surface area contributed by atoms with Crippen molar-refractivity contribution in [3.63, 3.8) is 0 Å². The molecule has 0 aromatic heterocycles. The highest BCUT2D eigenvalue weighted by molar-refractivity contribution is 5.95. The minimum Gasteiger partial charge on any atom is -0.462 e. The maximum Gasteiger partial charge on any atom is 0.349 e. The molecule has 14 heteroatoms. The van der Waals surface area contributed by atoms with Gasteiger partial charge < -0.3 is 28.7 Å². The molecule has 2 aliphatic heterocycles. The molecule has 2 aliphatic carbocycles. The van der Waals surface area contributed by atoms with Gasteiger partial charge in [0.1, 0.15) is 47.1 Å². The Morgan fingerprint density at radius 3 is 1.44 bits per heavy atom. The molecule has 2 heterocycles. The summed E-state index contributed by atoms with van der Waals surface area (Å²) in [7, 11) is 0. The van der Waals surface area contributed by atoms with E-state index in [-0.39, 0.29) is 66.5 Å². The van der Waals surface area contributed by atoms with Crippen LogP contribution in [0.25, 0.3) is 0 Å². The van der Waals surface area contributed by atoms with Gasteiger partial charge in [-0.2, -0.15) is 10.5 Å². The monoisotopic (exact) mass is 794 g/mol. The van der Waals surface area contributed by atoms with Crippen molar-refractivity contribution in [2.45, 2.75) is 124 Å². The van der Waals surface area contributed by atoms with Crippen LogP contribution in [0.3, 0.4) is 0 Å². The molecule has 2 fully saturated rings. The lowest BCUT2D eigenvalue weighted by Crippen LogP contribution is -2.40. The first-order valence-electron chi connectivity index (χ1n) is 19.9. The minimum atomic E-state index is -0.887. The number of ether oxygens (including phenoxy) is 4. The second kappa shape index (κ2) is 19.9. The lowest BCUT2D eigenvalue weighted by molar-refractivity contribution is -0.148. The molecule has 0 amide bonds. The van der Waals surface area contributed by atoms with E-state index in [1.165, 1.54) is 6.92 Å². The van der Waals surface area contributed by atoms with Crippen molar-refractivity contribution in [2.75, 3.05) is 39.4 Å². The summed E-state index contributed by atoms with van der Waals surface area (Å²) in [6.45, 7) is 14.5. The molecule has 0 saturated carbocycles. The Hall–Kier alpha value is -4.98. The molecule has 0 atom stereocenters. The van der Waals surface area contributed by atoms with Gasteiger partial charge in [-0.15, -0.1) is 0 Å². The predicted octanol–water partition coefficient (Wildman–Crippen LogP) is 7.50. The summed E-state index contributed by atoms with van der Waals surface area (Å²) in [5.41, 5.74) is -0.588. The van der Waals surface area contributed by atoms with Gasteiger partial charge in [-0.1, -0.05) is 34.3 Å². The second-order valence-corrected chi connectivity index (χ2v) is 16.8. The van der Waals surface area contributed by atoms with Gasteiger partial charge >= 0.3 is 23.9 Å². The predicted molar refractivity (Wildman–Crippen MR) is 205 cm³/mol. The van der Waals surface area contributed by atoms with Crippen LogP contribution in [0.15, 0.2) is 58.0 Å². The first-order chi connectivity index (χ1) is 27.0. The van der Waals surface area contributed by atoms with E-state index in [0.29, 0.717) is 102 Å². The number of nitriles is 2. The highest BCUT2D eigenvalue weighted by atomic mass is 19.1. The highest BCUT2D eigenvalue weighted by Crippen LogP contribution is 2.46. The third-order valence-corrected chi connectivity index (χ3v) is 10.8. The number of unbranched alkanes of at least 4 members (excludes halogenated alkanes) is 3. The molecule has 2 saturated heterocycles. The van der Waals surface area contributed by atoms with Crippen molar-refractivity contribution in [3.8, 4) is 12.1 Å². The van der Waals surface area contributed by atoms with E-state index in [4.69, 9.17) is 18.9 Å². The molecule has 57 heavy (non-hydrogen) atoms. The van der Waals surface area contributed by atoms with Crippen molar-refractivity contribution in [2.24, 2.45) is 10.8 Å². The van der Waals surface area contributed by atoms with Crippen LogP contribution < -0.4 is 0 Å². The first kappa shape index (κ1) is 44.7. The Morgan fingerprint density at radius 1 is 0.702 bits per heavy atom.